The zero-order valence-corrected chi connectivity index (χ0v) is 11.7. The predicted molar refractivity (Wildman–Crippen MR) is 73.2 cm³/mol. The molecule has 1 N–H and O–H groups in total. The second kappa shape index (κ2) is 6.30. The number of ether oxygens (including phenoxy) is 1. The third-order valence-corrected chi connectivity index (χ3v) is 3.07. The van der Waals surface area contributed by atoms with Crippen molar-refractivity contribution in [1.82, 2.24) is 15.5 Å². The highest BCUT2D eigenvalue weighted by Crippen LogP contribution is 2.22. The highest BCUT2D eigenvalue weighted by molar-refractivity contribution is 5.85. The fourth-order valence-corrected chi connectivity index (χ4v) is 1.94. The van der Waals surface area contributed by atoms with Crippen LogP contribution in [0.1, 0.15) is 17.6 Å². The number of aryl methyl sites for hydroxylation is 1. The van der Waals surface area contributed by atoms with Crippen LogP contribution in [0.5, 0.6) is 0 Å². The first-order valence-corrected chi connectivity index (χ1v) is 6.16. The zero-order valence-electron chi connectivity index (χ0n) is 10.9. The molecule has 1 aromatic heterocycles. The lowest BCUT2D eigenvalue weighted by Gasteiger charge is -2.19. The normalized spacial score (nSPS) is 18.6. The fourth-order valence-electron chi connectivity index (χ4n) is 1.94. The number of halogens is 2. The molecule has 5 nitrogen and oxygen atoms in total. The van der Waals surface area contributed by atoms with Crippen molar-refractivity contribution in [2.45, 2.75) is 13.0 Å². The summed E-state index contributed by atoms with van der Waals surface area (Å²) in [6.45, 7) is 3.79. The van der Waals surface area contributed by atoms with Gasteiger partial charge in [-0.05, 0) is 18.6 Å². The van der Waals surface area contributed by atoms with Crippen LogP contribution in [0, 0.1) is 12.7 Å². The summed E-state index contributed by atoms with van der Waals surface area (Å²) in [7, 11) is 0. The van der Waals surface area contributed by atoms with Crippen LogP contribution in [-0.2, 0) is 4.74 Å². The predicted octanol–water partition coefficient (Wildman–Crippen LogP) is 2.27. The highest BCUT2D eigenvalue weighted by Gasteiger charge is 2.22. The molecule has 1 aliphatic heterocycles. The van der Waals surface area contributed by atoms with Gasteiger partial charge in [0, 0.05) is 18.7 Å². The topological polar surface area (TPSA) is 60.2 Å². The van der Waals surface area contributed by atoms with E-state index in [1.54, 1.807) is 19.1 Å². The van der Waals surface area contributed by atoms with Crippen molar-refractivity contribution in [2.24, 2.45) is 0 Å². The van der Waals surface area contributed by atoms with Crippen LogP contribution >= 0.6 is 12.4 Å². The van der Waals surface area contributed by atoms with E-state index in [9.17, 15) is 4.39 Å². The standard InChI is InChI=1S/C13H14FN3O2.ClH/c1-8-2-3-9(6-10(8)14)12-16-13(19-17-12)11-7-15-4-5-18-11;/h2-3,6,11,15H,4-5,7H2,1H3;1H/t11-;/m0./s1. The number of benzene rings is 1. The van der Waals surface area contributed by atoms with Crippen molar-refractivity contribution >= 4 is 12.4 Å². The maximum atomic E-state index is 13.5. The molecule has 0 unspecified atom stereocenters. The molecule has 1 saturated heterocycles. The Balaban J connectivity index is 0.00000147. The Labute approximate surface area is 121 Å². The molecule has 7 heteroatoms. The Hall–Kier alpha value is -1.50. The molecule has 0 bridgehead atoms. The van der Waals surface area contributed by atoms with Crippen molar-refractivity contribution in [2.75, 3.05) is 19.7 Å². The van der Waals surface area contributed by atoms with Crippen molar-refractivity contribution < 1.29 is 13.7 Å². The average molecular weight is 300 g/mol. The van der Waals surface area contributed by atoms with Crippen LogP contribution in [0.15, 0.2) is 22.7 Å². The minimum absolute atomic E-state index is 0. The van der Waals surface area contributed by atoms with Gasteiger partial charge in [-0.2, -0.15) is 4.98 Å². The van der Waals surface area contributed by atoms with Crippen molar-refractivity contribution in [3.63, 3.8) is 0 Å². The first kappa shape index (κ1) is 14.9. The van der Waals surface area contributed by atoms with Gasteiger partial charge in [-0.25, -0.2) is 4.39 Å². The van der Waals surface area contributed by atoms with E-state index in [2.05, 4.69) is 15.5 Å². The maximum absolute atomic E-state index is 13.5. The van der Waals surface area contributed by atoms with E-state index < -0.39 is 0 Å². The van der Waals surface area contributed by atoms with E-state index in [4.69, 9.17) is 9.26 Å². The van der Waals surface area contributed by atoms with E-state index in [-0.39, 0.29) is 24.3 Å². The first-order valence-electron chi connectivity index (χ1n) is 6.16. The van der Waals surface area contributed by atoms with Gasteiger partial charge in [0.05, 0.1) is 6.61 Å². The Morgan fingerprint density at radius 1 is 1.40 bits per heavy atom. The molecule has 0 saturated carbocycles. The molecule has 2 aromatic rings. The summed E-state index contributed by atoms with van der Waals surface area (Å²) in [5.41, 5.74) is 1.19. The van der Waals surface area contributed by atoms with Crippen molar-refractivity contribution in [1.29, 1.82) is 0 Å². The molecule has 0 aliphatic carbocycles. The van der Waals surface area contributed by atoms with Gasteiger partial charge < -0.3 is 14.6 Å². The number of nitrogens with one attached hydrogen (secondary N) is 1. The molecule has 0 amide bonds. The smallest absolute Gasteiger partial charge is 0.257 e. The summed E-state index contributed by atoms with van der Waals surface area (Å²) < 4.78 is 24.2. The third kappa shape index (κ3) is 2.98. The Morgan fingerprint density at radius 3 is 2.95 bits per heavy atom. The van der Waals surface area contributed by atoms with E-state index in [0.717, 1.165) is 6.54 Å². The number of morpholine rings is 1. The van der Waals surface area contributed by atoms with Crippen molar-refractivity contribution in [3.05, 3.63) is 35.5 Å². The molecule has 108 valence electrons. The summed E-state index contributed by atoms with van der Waals surface area (Å²) in [5.74, 6) is 0.519. The lowest BCUT2D eigenvalue weighted by atomic mass is 10.1. The van der Waals surface area contributed by atoms with E-state index >= 15 is 0 Å². The molecule has 1 atom stereocenters. The Morgan fingerprint density at radius 2 is 2.25 bits per heavy atom. The minimum atomic E-state index is -0.278. The summed E-state index contributed by atoms with van der Waals surface area (Å²) in [5, 5.41) is 7.06. The quantitative estimate of drug-likeness (QED) is 0.922. The number of nitrogens with zero attached hydrogens (tertiary/aromatic N) is 2. The number of hydrogen-bond acceptors (Lipinski definition) is 5. The van der Waals surface area contributed by atoms with Gasteiger partial charge in [0.15, 0.2) is 0 Å². The van der Waals surface area contributed by atoms with Gasteiger partial charge in [-0.3, -0.25) is 0 Å². The van der Waals surface area contributed by atoms with E-state index in [1.807, 2.05) is 0 Å². The molecule has 1 aliphatic rings. The molecule has 2 heterocycles. The first-order chi connectivity index (χ1) is 9.24. The Kier molecular flexibility index (Phi) is 4.69. The number of aromatic nitrogens is 2. The second-order valence-electron chi connectivity index (χ2n) is 4.48. The van der Waals surface area contributed by atoms with Gasteiger partial charge in [-0.15, -0.1) is 12.4 Å². The molecular weight excluding hydrogens is 285 g/mol. The molecule has 20 heavy (non-hydrogen) atoms. The number of rotatable bonds is 2. The molecular formula is C13H15ClFN3O2. The summed E-state index contributed by atoms with van der Waals surface area (Å²) >= 11 is 0. The molecule has 3 rings (SSSR count). The summed E-state index contributed by atoms with van der Waals surface area (Å²) in [4.78, 5) is 4.27. The van der Waals surface area contributed by atoms with Crippen LogP contribution in [0.4, 0.5) is 4.39 Å². The van der Waals surface area contributed by atoms with Gasteiger partial charge in [0.1, 0.15) is 11.9 Å². The van der Waals surface area contributed by atoms with Crippen LogP contribution in [0.2, 0.25) is 0 Å². The molecule has 0 radical (unpaired) electrons. The van der Waals surface area contributed by atoms with Gasteiger partial charge >= 0.3 is 0 Å². The maximum Gasteiger partial charge on any atom is 0.257 e. The van der Waals surface area contributed by atoms with Crippen LogP contribution in [-0.4, -0.2) is 29.8 Å². The van der Waals surface area contributed by atoms with Gasteiger partial charge in [0.25, 0.3) is 5.89 Å². The van der Waals surface area contributed by atoms with Gasteiger partial charge in [0.2, 0.25) is 5.82 Å². The van der Waals surface area contributed by atoms with Crippen LogP contribution in [0.25, 0.3) is 11.4 Å². The number of hydrogen-bond donors (Lipinski definition) is 1. The van der Waals surface area contributed by atoms with Crippen LogP contribution in [0.3, 0.4) is 0 Å². The third-order valence-electron chi connectivity index (χ3n) is 3.07. The zero-order chi connectivity index (χ0) is 13.2. The molecule has 0 spiro atoms. The lowest BCUT2D eigenvalue weighted by Crippen LogP contribution is -2.33. The van der Waals surface area contributed by atoms with E-state index in [0.29, 0.717) is 36.0 Å². The molecule has 1 aromatic carbocycles. The summed E-state index contributed by atoms with van der Waals surface area (Å²) in [6.07, 6.45) is -0.231. The van der Waals surface area contributed by atoms with Gasteiger partial charge in [-0.1, -0.05) is 17.3 Å². The average Bonchev–Trinajstić information content (AvgIpc) is 2.93. The molecule has 1 fully saturated rings. The largest absolute Gasteiger partial charge is 0.366 e. The minimum Gasteiger partial charge on any atom is -0.366 e. The monoisotopic (exact) mass is 299 g/mol. The lowest BCUT2D eigenvalue weighted by molar-refractivity contribution is 0.00755. The van der Waals surface area contributed by atoms with Crippen LogP contribution < -0.4 is 5.32 Å². The Bertz CT molecular complexity index is 585. The van der Waals surface area contributed by atoms with E-state index in [1.165, 1.54) is 6.07 Å². The summed E-state index contributed by atoms with van der Waals surface area (Å²) in [6, 6.07) is 4.87. The fraction of sp³-hybridized carbons (Fsp3) is 0.385. The SMILES string of the molecule is Cc1ccc(-c2noc([C@@H]3CNCCO3)n2)cc1F.Cl. The van der Waals surface area contributed by atoms with Crippen molar-refractivity contribution in [3.8, 4) is 11.4 Å². The second-order valence-corrected chi connectivity index (χ2v) is 4.48. The highest BCUT2D eigenvalue weighted by atomic mass is 35.5.